The molecule has 3 rings (SSSR count). The first-order valence-corrected chi connectivity index (χ1v) is 9.70. The fraction of sp³-hybridized carbons (Fsp3) is 0.400. The van der Waals surface area contributed by atoms with Crippen molar-refractivity contribution in [3.8, 4) is 11.8 Å². The van der Waals surface area contributed by atoms with Crippen LogP contribution in [0.5, 0.6) is 5.75 Å². The summed E-state index contributed by atoms with van der Waals surface area (Å²) in [4.78, 5) is 13.8. The molecule has 0 radical (unpaired) electrons. The van der Waals surface area contributed by atoms with E-state index in [9.17, 15) is 10.1 Å². The standard InChI is InChI=1S/C20H23N3O2S/c1-13(22-14-8-10-15(25-2)11-9-14)19(24)23-20-17(12-21)16-6-4-3-5-7-18(16)26-20/h8-11,13,22H,3-7H2,1-2H3,(H,23,24)/t13-/m1/s1. The van der Waals surface area contributed by atoms with E-state index in [0.717, 1.165) is 42.7 Å². The zero-order valence-corrected chi connectivity index (χ0v) is 15.9. The summed E-state index contributed by atoms with van der Waals surface area (Å²) in [7, 11) is 1.62. The predicted octanol–water partition coefficient (Wildman–Crippen LogP) is 4.34. The van der Waals surface area contributed by atoms with Crippen LogP contribution in [0, 0.1) is 11.3 Å². The third kappa shape index (κ3) is 4.00. The molecule has 0 unspecified atom stereocenters. The zero-order chi connectivity index (χ0) is 18.5. The molecule has 0 bridgehead atoms. The van der Waals surface area contributed by atoms with Crippen molar-refractivity contribution in [3.05, 3.63) is 40.3 Å². The van der Waals surface area contributed by atoms with Crippen molar-refractivity contribution < 1.29 is 9.53 Å². The van der Waals surface area contributed by atoms with Crippen molar-refractivity contribution in [2.24, 2.45) is 0 Å². The smallest absolute Gasteiger partial charge is 0.247 e. The topological polar surface area (TPSA) is 74.2 Å². The molecular formula is C20H23N3O2S. The number of rotatable bonds is 5. The van der Waals surface area contributed by atoms with Crippen molar-refractivity contribution in [2.75, 3.05) is 17.7 Å². The summed E-state index contributed by atoms with van der Waals surface area (Å²) in [5.41, 5.74) is 2.63. The Labute approximate surface area is 158 Å². The highest BCUT2D eigenvalue weighted by Crippen LogP contribution is 2.37. The van der Waals surface area contributed by atoms with E-state index in [1.54, 1.807) is 18.4 Å². The van der Waals surface area contributed by atoms with Crippen LogP contribution in [-0.4, -0.2) is 19.1 Å². The molecule has 2 aromatic rings. The Morgan fingerprint density at radius 2 is 1.96 bits per heavy atom. The molecule has 1 atom stereocenters. The first-order valence-electron chi connectivity index (χ1n) is 8.88. The van der Waals surface area contributed by atoms with Crippen molar-refractivity contribution in [3.63, 3.8) is 0 Å². The van der Waals surface area contributed by atoms with Crippen molar-refractivity contribution in [1.29, 1.82) is 5.26 Å². The molecule has 1 aromatic heterocycles. The van der Waals surface area contributed by atoms with Gasteiger partial charge in [-0.3, -0.25) is 4.79 Å². The number of hydrogen-bond acceptors (Lipinski definition) is 5. The molecule has 5 nitrogen and oxygen atoms in total. The largest absolute Gasteiger partial charge is 0.497 e. The van der Waals surface area contributed by atoms with Crippen molar-refractivity contribution in [2.45, 2.75) is 45.1 Å². The lowest BCUT2D eigenvalue weighted by molar-refractivity contribution is -0.116. The zero-order valence-electron chi connectivity index (χ0n) is 15.1. The van der Waals surface area contributed by atoms with Gasteiger partial charge in [-0.2, -0.15) is 5.26 Å². The number of benzene rings is 1. The van der Waals surface area contributed by atoms with E-state index in [2.05, 4.69) is 16.7 Å². The number of aryl methyl sites for hydroxylation is 1. The summed E-state index contributed by atoms with van der Waals surface area (Å²) >= 11 is 1.56. The number of nitriles is 1. The maximum Gasteiger partial charge on any atom is 0.247 e. The summed E-state index contributed by atoms with van der Waals surface area (Å²) < 4.78 is 5.14. The van der Waals surface area contributed by atoms with Crippen LogP contribution < -0.4 is 15.4 Å². The average Bonchev–Trinajstić information content (AvgIpc) is 2.81. The van der Waals surface area contributed by atoms with Crippen LogP contribution in [0.1, 0.15) is 42.2 Å². The van der Waals surface area contributed by atoms with Crippen molar-refractivity contribution >= 4 is 27.9 Å². The minimum atomic E-state index is -0.420. The number of nitrogens with zero attached hydrogens (tertiary/aromatic N) is 1. The van der Waals surface area contributed by atoms with Gasteiger partial charge in [-0.15, -0.1) is 11.3 Å². The van der Waals surface area contributed by atoms with Gasteiger partial charge in [-0.05, 0) is 62.4 Å². The third-order valence-corrected chi connectivity index (χ3v) is 5.84. The Morgan fingerprint density at radius 1 is 1.23 bits per heavy atom. The first kappa shape index (κ1) is 18.3. The minimum Gasteiger partial charge on any atom is -0.497 e. The maximum absolute atomic E-state index is 12.6. The van der Waals surface area contributed by atoms with Crippen LogP contribution in [0.15, 0.2) is 24.3 Å². The second-order valence-corrected chi connectivity index (χ2v) is 7.57. The van der Waals surface area contributed by atoms with Gasteiger partial charge in [-0.1, -0.05) is 6.42 Å². The summed E-state index contributed by atoms with van der Waals surface area (Å²) in [6.07, 6.45) is 5.41. The lowest BCUT2D eigenvalue weighted by atomic mass is 10.1. The number of thiophene rings is 1. The highest BCUT2D eigenvalue weighted by molar-refractivity contribution is 7.16. The van der Waals surface area contributed by atoms with Gasteiger partial charge in [-0.25, -0.2) is 0 Å². The van der Waals surface area contributed by atoms with E-state index in [1.807, 2.05) is 31.2 Å². The first-order chi connectivity index (χ1) is 12.6. The normalized spacial score (nSPS) is 14.5. The number of methoxy groups -OCH3 is 1. The number of ether oxygens (including phenoxy) is 1. The number of carbonyl (C=O) groups excluding carboxylic acids is 1. The summed E-state index contributed by atoms with van der Waals surface area (Å²) in [5.74, 6) is 0.625. The van der Waals surface area contributed by atoms with E-state index < -0.39 is 6.04 Å². The maximum atomic E-state index is 12.6. The Balaban J connectivity index is 1.70. The number of amides is 1. The monoisotopic (exact) mass is 369 g/mol. The molecule has 0 fully saturated rings. The number of hydrogen-bond donors (Lipinski definition) is 2. The Morgan fingerprint density at radius 3 is 2.65 bits per heavy atom. The van der Waals surface area contributed by atoms with E-state index in [1.165, 1.54) is 11.3 Å². The van der Waals surface area contributed by atoms with Crippen LogP contribution in [-0.2, 0) is 17.6 Å². The number of anilines is 2. The Kier molecular flexibility index (Phi) is 5.79. The molecule has 26 heavy (non-hydrogen) atoms. The second-order valence-electron chi connectivity index (χ2n) is 6.46. The SMILES string of the molecule is COc1ccc(N[C@H](C)C(=O)Nc2sc3c(c2C#N)CCCCC3)cc1. The van der Waals surface area contributed by atoms with E-state index in [-0.39, 0.29) is 5.91 Å². The van der Waals surface area contributed by atoms with Crippen LogP contribution in [0.3, 0.4) is 0 Å². The molecule has 6 heteroatoms. The van der Waals surface area contributed by atoms with Gasteiger partial charge >= 0.3 is 0 Å². The van der Waals surface area contributed by atoms with Gasteiger partial charge < -0.3 is 15.4 Å². The minimum absolute atomic E-state index is 0.145. The highest BCUT2D eigenvalue weighted by Gasteiger charge is 2.22. The quantitative estimate of drug-likeness (QED) is 0.769. The number of nitrogens with one attached hydrogen (secondary N) is 2. The molecule has 1 aliphatic carbocycles. The molecule has 1 heterocycles. The molecule has 136 valence electrons. The lowest BCUT2D eigenvalue weighted by Gasteiger charge is -2.15. The molecule has 1 amide bonds. The molecular weight excluding hydrogens is 346 g/mol. The fourth-order valence-electron chi connectivity index (χ4n) is 3.17. The fourth-order valence-corrected chi connectivity index (χ4v) is 4.41. The van der Waals surface area contributed by atoms with E-state index in [0.29, 0.717) is 10.6 Å². The van der Waals surface area contributed by atoms with Crippen LogP contribution in [0.4, 0.5) is 10.7 Å². The van der Waals surface area contributed by atoms with Crippen LogP contribution in [0.25, 0.3) is 0 Å². The highest BCUT2D eigenvalue weighted by atomic mass is 32.1. The molecule has 1 aromatic carbocycles. The number of fused-ring (bicyclic) bond motifs is 1. The summed E-state index contributed by atoms with van der Waals surface area (Å²) in [5, 5.41) is 16.4. The molecule has 0 saturated carbocycles. The van der Waals surface area contributed by atoms with Gasteiger partial charge in [0.1, 0.15) is 22.9 Å². The van der Waals surface area contributed by atoms with Gasteiger partial charge in [0.25, 0.3) is 0 Å². The van der Waals surface area contributed by atoms with Gasteiger partial charge in [0.15, 0.2) is 0 Å². The molecule has 0 spiro atoms. The van der Waals surface area contributed by atoms with Crippen LogP contribution >= 0.6 is 11.3 Å². The molecule has 2 N–H and O–H groups in total. The molecule has 0 aliphatic heterocycles. The van der Waals surface area contributed by atoms with Gasteiger partial charge in [0.2, 0.25) is 5.91 Å². The van der Waals surface area contributed by atoms with Gasteiger partial charge in [0, 0.05) is 10.6 Å². The second kappa shape index (κ2) is 8.24. The van der Waals surface area contributed by atoms with Gasteiger partial charge in [0.05, 0.1) is 12.7 Å². The molecule has 0 saturated heterocycles. The average molecular weight is 369 g/mol. The van der Waals surface area contributed by atoms with Crippen molar-refractivity contribution in [1.82, 2.24) is 0 Å². The lowest BCUT2D eigenvalue weighted by Crippen LogP contribution is -2.31. The summed E-state index contributed by atoms with van der Waals surface area (Å²) in [6, 6.07) is 9.31. The number of carbonyl (C=O) groups is 1. The third-order valence-electron chi connectivity index (χ3n) is 4.64. The Bertz CT molecular complexity index is 821. The van der Waals surface area contributed by atoms with E-state index in [4.69, 9.17) is 4.74 Å². The van der Waals surface area contributed by atoms with Crippen LogP contribution in [0.2, 0.25) is 0 Å². The Hall–Kier alpha value is -2.52. The van der Waals surface area contributed by atoms with E-state index >= 15 is 0 Å². The summed E-state index contributed by atoms with van der Waals surface area (Å²) in [6.45, 7) is 1.81. The predicted molar refractivity (Wildman–Crippen MR) is 105 cm³/mol. The molecule has 1 aliphatic rings.